The summed E-state index contributed by atoms with van der Waals surface area (Å²) in [7, 11) is -3.37. The Hall–Kier alpha value is -1.27. The molecule has 0 spiro atoms. The molecule has 2 aliphatic heterocycles. The van der Waals surface area contributed by atoms with Crippen LogP contribution in [0.3, 0.4) is 0 Å². The maximum atomic E-state index is 12.5. The van der Waals surface area contributed by atoms with E-state index >= 15 is 0 Å². The van der Waals surface area contributed by atoms with Crippen molar-refractivity contribution in [2.45, 2.75) is 36.7 Å². The maximum absolute atomic E-state index is 12.5. The van der Waals surface area contributed by atoms with Gasteiger partial charge in [0.2, 0.25) is 0 Å². The van der Waals surface area contributed by atoms with E-state index in [9.17, 15) is 8.42 Å². The molecule has 3 rings (SSSR count). The van der Waals surface area contributed by atoms with E-state index < -0.39 is 9.84 Å². The number of hydrogen-bond donors (Lipinski definition) is 0. The Kier molecular flexibility index (Phi) is 4.35. The topological polar surface area (TPSA) is 61.8 Å². The van der Waals surface area contributed by atoms with Crippen molar-refractivity contribution in [2.75, 3.05) is 25.6 Å². The summed E-state index contributed by atoms with van der Waals surface area (Å²) in [6, 6.07) is 4.83. The van der Waals surface area contributed by atoms with Crippen LogP contribution in [0.1, 0.15) is 25.7 Å². The van der Waals surface area contributed by atoms with Gasteiger partial charge in [-0.1, -0.05) is 0 Å². The number of rotatable bonds is 3. The maximum Gasteiger partial charge on any atom is 0.181 e. The quantitative estimate of drug-likeness (QED) is 0.856. The fraction of sp³-hybridized carbons (Fsp3) is 0.600. The molecular formula is C15H20O5S. The van der Waals surface area contributed by atoms with Crippen LogP contribution in [-0.2, 0) is 14.6 Å². The lowest BCUT2D eigenvalue weighted by atomic mass is 10.1. The fourth-order valence-electron chi connectivity index (χ4n) is 2.62. The van der Waals surface area contributed by atoms with Crippen molar-refractivity contribution < 1.29 is 22.6 Å². The van der Waals surface area contributed by atoms with Gasteiger partial charge in [0.1, 0.15) is 0 Å². The summed E-state index contributed by atoms with van der Waals surface area (Å²) in [5, 5.41) is 0. The summed E-state index contributed by atoms with van der Waals surface area (Å²) in [5.74, 6) is 1.16. The van der Waals surface area contributed by atoms with Gasteiger partial charge >= 0.3 is 0 Å². The van der Waals surface area contributed by atoms with Gasteiger partial charge < -0.3 is 14.2 Å². The van der Waals surface area contributed by atoms with Gasteiger partial charge in [-0.05, 0) is 31.4 Å². The number of sulfone groups is 1. The summed E-state index contributed by atoms with van der Waals surface area (Å²) in [6.45, 7) is 1.79. The minimum absolute atomic E-state index is 0.0344. The molecular weight excluding hydrogens is 292 g/mol. The average Bonchev–Trinajstić information content (AvgIpc) is 2.72. The highest BCUT2D eigenvalue weighted by Gasteiger charge is 2.25. The second-order valence-corrected chi connectivity index (χ2v) is 7.46. The first kappa shape index (κ1) is 14.7. The molecule has 1 aromatic carbocycles. The molecule has 1 unspecified atom stereocenters. The molecule has 2 heterocycles. The Labute approximate surface area is 125 Å². The van der Waals surface area contributed by atoms with Gasteiger partial charge in [-0.15, -0.1) is 0 Å². The van der Waals surface area contributed by atoms with Gasteiger partial charge in [0.15, 0.2) is 21.3 Å². The van der Waals surface area contributed by atoms with Crippen LogP contribution in [0.2, 0.25) is 0 Å². The third kappa shape index (κ3) is 3.49. The summed E-state index contributed by atoms with van der Waals surface area (Å²) < 4.78 is 41.6. The highest BCUT2D eigenvalue weighted by atomic mass is 32.2. The van der Waals surface area contributed by atoms with Gasteiger partial charge in [0.05, 0.1) is 30.0 Å². The number of hydrogen-bond acceptors (Lipinski definition) is 5. The van der Waals surface area contributed by atoms with Gasteiger partial charge in [0, 0.05) is 19.1 Å². The zero-order chi connectivity index (χ0) is 14.7. The number of benzene rings is 1. The lowest BCUT2D eigenvalue weighted by Gasteiger charge is -2.22. The minimum Gasteiger partial charge on any atom is -0.490 e. The van der Waals surface area contributed by atoms with Gasteiger partial charge in [0.25, 0.3) is 0 Å². The molecule has 1 fully saturated rings. The lowest BCUT2D eigenvalue weighted by molar-refractivity contribution is 0.0305. The van der Waals surface area contributed by atoms with Crippen LogP contribution in [0.15, 0.2) is 23.1 Å². The monoisotopic (exact) mass is 312 g/mol. The average molecular weight is 312 g/mol. The molecule has 0 bridgehead atoms. The third-order valence-electron chi connectivity index (χ3n) is 3.76. The largest absolute Gasteiger partial charge is 0.490 e. The molecule has 0 amide bonds. The second-order valence-electron chi connectivity index (χ2n) is 5.43. The van der Waals surface area contributed by atoms with Crippen molar-refractivity contribution in [3.8, 4) is 11.5 Å². The molecule has 1 aromatic rings. The molecule has 6 heteroatoms. The highest BCUT2D eigenvalue weighted by Crippen LogP contribution is 2.32. The SMILES string of the molecule is O=S(=O)(CC1CCCCO1)c1ccc2c(c1)OCCCO2. The van der Waals surface area contributed by atoms with E-state index in [0.29, 0.717) is 31.3 Å². The second kappa shape index (κ2) is 6.23. The summed E-state index contributed by atoms with van der Waals surface area (Å²) in [4.78, 5) is 0.279. The van der Waals surface area contributed by atoms with Crippen LogP contribution in [0.4, 0.5) is 0 Å². The van der Waals surface area contributed by atoms with Gasteiger partial charge in [-0.3, -0.25) is 0 Å². The first-order chi connectivity index (χ1) is 10.1. The third-order valence-corrected chi connectivity index (χ3v) is 5.54. The van der Waals surface area contributed by atoms with Crippen molar-refractivity contribution in [1.82, 2.24) is 0 Å². The summed E-state index contributed by atoms with van der Waals surface area (Å²) in [5.41, 5.74) is 0. The van der Waals surface area contributed by atoms with Crippen molar-refractivity contribution >= 4 is 9.84 Å². The van der Waals surface area contributed by atoms with Crippen molar-refractivity contribution in [1.29, 1.82) is 0 Å². The van der Waals surface area contributed by atoms with Crippen molar-refractivity contribution in [3.63, 3.8) is 0 Å². The molecule has 0 N–H and O–H groups in total. The molecule has 21 heavy (non-hydrogen) atoms. The van der Waals surface area contributed by atoms with Crippen molar-refractivity contribution in [3.05, 3.63) is 18.2 Å². The lowest BCUT2D eigenvalue weighted by Crippen LogP contribution is -2.27. The Bertz CT molecular complexity index is 590. The van der Waals surface area contributed by atoms with Gasteiger partial charge in [-0.25, -0.2) is 8.42 Å². The smallest absolute Gasteiger partial charge is 0.181 e. The molecule has 0 aliphatic carbocycles. The van der Waals surface area contributed by atoms with Crippen LogP contribution in [0.25, 0.3) is 0 Å². The van der Waals surface area contributed by atoms with E-state index in [2.05, 4.69) is 0 Å². The highest BCUT2D eigenvalue weighted by molar-refractivity contribution is 7.91. The Morgan fingerprint density at radius 1 is 1.00 bits per heavy atom. The van der Waals surface area contributed by atoms with Crippen LogP contribution < -0.4 is 9.47 Å². The molecule has 0 aromatic heterocycles. The van der Waals surface area contributed by atoms with Crippen molar-refractivity contribution in [2.24, 2.45) is 0 Å². The van der Waals surface area contributed by atoms with E-state index in [-0.39, 0.29) is 16.8 Å². The van der Waals surface area contributed by atoms with E-state index in [1.54, 1.807) is 18.2 Å². The predicted octanol–water partition coefficient (Wildman–Crippen LogP) is 2.19. The van der Waals surface area contributed by atoms with Crippen LogP contribution in [0.5, 0.6) is 11.5 Å². The van der Waals surface area contributed by atoms with Crippen LogP contribution in [0, 0.1) is 0 Å². The zero-order valence-electron chi connectivity index (χ0n) is 11.9. The van der Waals surface area contributed by atoms with Crippen LogP contribution in [-0.4, -0.2) is 40.1 Å². The Balaban J connectivity index is 1.80. The number of ether oxygens (including phenoxy) is 3. The molecule has 1 atom stereocenters. The Morgan fingerprint density at radius 3 is 2.57 bits per heavy atom. The summed E-state index contributed by atoms with van der Waals surface area (Å²) in [6.07, 6.45) is 3.46. The first-order valence-electron chi connectivity index (χ1n) is 7.39. The zero-order valence-corrected chi connectivity index (χ0v) is 12.7. The molecule has 0 radical (unpaired) electrons. The van der Waals surface area contributed by atoms with E-state index in [0.717, 1.165) is 25.7 Å². The van der Waals surface area contributed by atoms with Gasteiger partial charge in [-0.2, -0.15) is 0 Å². The van der Waals surface area contributed by atoms with E-state index in [1.807, 2.05) is 0 Å². The molecule has 0 saturated carbocycles. The molecule has 1 saturated heterocycles. The molecule has 5 nitrogen and oxygen atoms in total. The number of fused-ring (bicyclic) bond motifs is 1. The standard InChI is InChI=1S/C15H20O5S/c16-21(17,11-12-4-1-2-7-18-12)13-5-6-14-15(10-13)20-9-3-8-19-14/h5-6,10,12H,1-4,7-9,11H2. The fourth-order valence-corrected chi connectivity index (χ4v) is 4.12. The molecule has 116 valence electrons. The van der Waals surface area contributed by atoms with Crippen LogP contribution >= 0.6 is 0 Å². The minimum atomic E-state index is -3.37. The first-order valence-corrected chi connectivity index (χ1v) is 9.04. The predicted molar refractivity (Wildman–Crippen MR) is 77.7 cm³/mol. The Morgan fingerprint density at radius 2 is 1.81 bits per heavy atom. The van der Waals surface area contributed by atoms with E-state index in [4.69, 9.17) is 14.2 Å². The normalized spacial score (nSPS) is 22.6. The molecule has 2 aliphatic rings. The summed E-state index contributed by atoms with van der Waals surface area (Å²) >= 11 is 0. The van der Waals surface area contributed by atoms with E-state index in [1.165, 1.54) is 0 Å².